The zero-order valence-electron chi connectivity index (χ0n) is 13.1. The summed E-state index contributed by atoms with van der Waals surface area (Å²) in [7, 11) is 2.26. The van der Waals surface area contributed by atoms with Crippen molar-refractivity contribution in [2.24, 2.45) is 0 Å². The second kappa shape index (κ2) is 8.88. The molecular weight excluding hydrogens is 264 g/mol. The second-order valence-electron chi connectivity index (χ2n) is 6.07. The summed E-state index contributed by atoms with van der Waals surface area (Å²) in [4.78, 5) is 14.2. The van der Waals surface area contributed by atoms with Gasteiger partial charge in [0.2, 0.25) is 0 Å². The summed E-state index contributed by atoms with van der Waals surface area (Å²) >= 11 is 0. The third-order valence-electron chi connectivity index (χ3n) is 4.42. The lowest BCUT2D eigenvalue weighted by molar-refractivity contribution is 0.0925. The van der Waals surface area contributed by atoms with Crippen LogP contribution in [-0.4, -0.2) is 37.0 Å². The molecule has 0 radical (unpaired) electrons. The summed E-state index contributed by atoms with van der Waals surface area (Å²) in [5, 5.41) is 2.89. The Hall–Kier alpha value is -1.29. The molecule has 1 N–H and O–H groups in total. The second-order valence-corrected chi connectivity index (χ2v) is 6.07. The molecule has 1 aromatic rings. The molecule has 1 saturated carbocycles. The van der Waals surface area contributed by atoms with Crippen LogP contribution in [0.4, 0.5) is 0 Å². The lowest BCUT2D eigenvalue weighted by Crippen LogP contribution is -2.34. The van der Waals surface area contributed by atoms with Crippen molar-refractivity contribution in [2.75, 3.05) is 20.1 Å². The van der Waals surface area contributed by atoms with E-state index >= 15 is 0 Å². The van der Waals surface area contributed by atoms with Crippen molar-refractivity contribution in [1.29, 1.82) is 0 Å². The van der Waals surface area contributed by atoms with Gasteiger partial charge in [-0.3, -0.25) is 4.79 Å². The first-order valence-corrected chi connectivity index (χ1v) is 8.29. The summed E-state index contributed by atoms with van der Waals surface area (Å²) in [5.74, 6) is 0.284. The normalized spacial score (nSPS) is 16.3. The van der Waals surface area contributed by atoms with Crippen molar-refractivity contribution in [3.63, 3.8) is 0 Å². The standard InChI is InChI=1S/C17H28N2O2/c1-19(15-9-4-2-5-10-15)13-7-3-6-12-18-17(20)16-11-8-14-21-16/h8,11,14-15H,2-7,9-10,12-13H2,1H3,(H,18,20). The number of hydrogen-bond donors (Lipinski definition) is 1. The van der Waals surface area contributed by atoms with Crippen LogP contribution in [0.3, 0.4) is 0 Å². The highest BCUT2D eigenvalue weighted by Crippen LogP contribution is 2.21. The van der Waals surface area contributed by atoms with Gasteiger partial charge >= 0.3 is 0 Å². The molecule has 1 aromatic heterocycles. The van der Waals surface area contributed by atoms with Crippen molar-refractivity contribution >= 4 is 5.91 Å². The fourth-order valence-electron chi connectivity index (χ4n) is 3.06. The van der Waals surface area contributed by atoms with Gasteiger partial charge in [-0.1, -0.05) is 25.7 Å². The Labute approximate surface area is 127 Å². The number of amides is 1. The maximum Gasteiger partial charge on any atom is 0.286 e. The highest BCUT2D eigenvalue weighted by Gasteiger charge is 2.17. The van der Waals surface area contributed by atoms with E-state index < -0.39 is 0 Å². The van der Waals surface area contributed by atoms with Crippen LogP contribution in [0.15, 0.2) is 22.8 Å². The van der Waals surface area contributed by atoms with Crippen molar-refractivity contribution in [2.45, 2.75) is 57.4 Å². The third kappa shape index (κ3) is 5.54. The number of carbonyl (C=O) groups is 1. The predicted octanol–water partition coefficient (Wildman–Crippen LogP) is 3.44. The monoisotopic (exact) mass is 292 g/mol. The average Bonchev–Trinajstić information content (AvgIpc) is 3.05. The van der Waals surface area contributed by atoms with Gasteiger partial charge in [0.15, 0.2) is 5.76 Å². The van der Waals surface area contributed by atoms with E-state index in [0.29, 0.717) is 5.76 Å². The van der Waals surface area contributed by atoms with E-state index in [2.05, 4.69) is 17.3 Å². The van der Waals surface area contributed by atoms with Gasteiger partial charge < -0.3 is 14.6 Å². The lowest BCUT2D eigenvalue weighted by atomic mass is 9.94. The highest BCUT2D eigenvalue weighted by atomic mass is 16.3. The zero-order chi connectivity index (χ0) is 14.9. The topological polar surface area (TPSA) is 45.5 Å². The van der Waals surface area contributed by atoms with Crippen LogP contribution in [0.2, 0.25) is 0 Å². The SMILES string of the molecule is CN(CCCCCNC(=O)c1ccco1)C1CCCCC1. The van der Waals surface area contributed by atoms with Crippen molar-refractivity contribution in [3.8, 4) is 0 Å². The molecule has 4 heteroatoms. The maximum atomic E-state index is 11.6. The number of hydrogen-bond acceptors (Lipinski definition) is 3. The van der Waals surface area contributed by atoms with Crippen LogP contribution in [0, 0.1) is 0 Å². The first kappa shape index (κ1) is 16.1. The summed E-state index contributed by atoms with van der Waals surface area (Å²) in [5.41, 5.74) is 0. The van der Waals surface area contributed by atoms with Crippen molar-refractivity contribution in [1.82, 2.24) is 10.2 Å². The first-order valence-electron chi connectivity index (χ1n) is 8.29. The van der Waals surface area contributed by atoms with Gasteiger partial charge in [-0.2, -0.15) is 0 Å². The quantitative estimate of drug-likeness (QED) is 0.746. The molecule has 0 saturated heterocycles. The fourth-order valence-corrected chi connectivity index (χ4v) is 3.06. The maximum absolute atomic E-state index is 11.6. The number of carbonyl (C=O) groups excluding carboxylic acids is 1. The van der Waals surface area contributed by atoms with E-state index in [9.17, 15) is 4.79 Å². The number of unbranched alkanes of at least 4 members (excludes halogenated alkanes) is 2. The molecule has 0 aromatic carbocycles. The molecule has 2 rings (SSSR count). The Morgan fingerprint density at radius 3 is 2.81 bits per heavy atom. The van der Waals surface area contributed by atoms with Gasteiger partial charge in [0.05, 0.1) is 6.26 Å². The minimum Gasteiger partial charge on any atom is -0.459 e. The van der Waals surface area contributed by atoms with E-state index in [1.165, 1.54) is 51.3 Å². The molecule has 21 heavy (non-hydrogen) atoms. The summed E-state index contributed by atoms with van der Waals surface area (Å²) in [6.45, 7) is 1.91. The summed E-state index contributed by atoms with van der Waals surface area (Å²) < 4.78 is 5.05. The molecule has 0 aliphatic heterocycles. The lowest BCUT2D eigenvalue weighted by Gasteiger charge is -2.31. The molecule has 1 aliphatic carbocycles. The van der Waals surface area contributed by atoms with Gasteiger partial charge in [-0.05, 0) is 51.4 Å². The third-order valence-corrected chi connectivity index (χ3v) is 4.42. The smallest absolute Gasteiger partial charge is 0.286 e. The van der Waals surface area contributed by atoms with Crippen LogP contribution in [-0.2, 0) is 0 Å². The van der Waals surface area contributed by atoms with E-state index in [-0.39, 0.29) is 5.91 Å². The molecule has 1 amide bonds. The summed E-state index contributed by atoms with van der Waals surface area (Å²) in [6.07, 6.45) is 11.9. The van der Waals surface area contributed by atoms with Gasteiger partial charge in [0, 0.05) is 12.6 Å². The highest BCUT2D eigenvalue weighted by molar-refractivity contribution is 5.91. The van der Waals surface area contributed by atoms with Crippen LogP contribution in [0.5, 0.6) is 0 Å². The predicted molar refractivity (Wildman–Crippen MR) is 84.4 cm³/mol. The van der Waals surface area contributed by atoms with E-state index in [4.69, 9.17) is 4.42 Å². The van der Waals surface area contributed by atoms with E-state index in [1.54, 1.807) is 12.1 Å². The molecule has 1 fully saturated rings. The van der Waals surface area contributed by atoms with E-state index in [0.717, 1.165) is 25.4 Å². The molecule has 118 valence electrons. The molecule has 0 unspecified atom stereocenters. The van der Waals surface area contributed by atoms with Gasteiger partial charge in [-0.25, -0.2) is 0 Å². The molecule has 0 spiro atoms. The van der Waals surface area contributed by atoms with Gasteiger partial charge in [-0.15, -0.1) is 0 Å². The van der Waals surface area contributed by atoms with Crippen LogP contribution in [0.25, 0.3) is 0 Å². The Morgan fingerprint density at radius 1 is 1.29 bits per heavy atom. The Morgan fingerprint density at radius 2 is 2.10 bits per heavy atom. The Balaban J connectivity index is 1.49. The first-order chi connectivity index (χ1) is 10.3. The summed E-state index contributed by atoms with van der Waals surface area (Å²) in [6, 6.07) is 4.22. The molecular formula is C17H28N2O2. The van der Waals surface area contributed by atoms with E-state index in [1.807, 2.05) is 0 Å². The fraction of sp³-hybridized carbons (Fsp3) is 0.706. The molecule has 0 bridgehead atoms. The number of nitrogens with one attached hydrogen (secondary N) is 1. The van der Waals surface area contributed by atoms with Crippen LogP contribution < -0.4 is 5.32 Å². The minimum atomic E-state index is -0.112. The van der Waals surface area contributed by atoms with Crippen LogP contribution in [0.1, 0.15) is 61.9 Å². The number of furan rings is 1. The van der Waals surface area contributed by atoms with Crippen LogP contribution >= 0.6 is 0 Å². The molecule has 4 nitrogen and oxygen atoms in total. The number of nitrogens with zero attached hydrogens (tertiary/aromatic N) is 1. The Kier molecular flexibility index (Phi) is 6.80. The zero-order valence-corrected chi connectivity index (χ0v) is 13.1. The minimum absolute atomic E-state index is 0.112. The molecule has 0 atom stereocenters. The van der Waals surface area contributed by atoms with Gasteiger partial charge in [0.1, 0.15) is 0 Å². The Bertz CT molecular complexity index is 397. The average molecular weight is 292 g/mol. The van der Waals surface area contributed by atoms with Crippen molar-refractivity contribution in [3.05, 3.63) is 24.2 Å². The molecule has 1 aliphatic rings. The van der Waals surface area contributed by atoms with Gasteiger partial charge in [0.25, 0.3) is 5.91 Å². The molecule has 1 heterocycles. The largest absolute Gasteiger partial charge is 0.459 e. The van der Waals surface area contributed by atoms with Crippen molar-refractivity contribution < 1.29 is 9.21 Å². The number of rotatable bonds is 8.